The number of halogens is 2. The van der Waals surface area contributed by atoms with Crippen LogP contribution in [-0.4, -0.2) is 20.6 Å². The van der Waals surface area contributed by atoms with Crippen molar-refractivity contribution in [1.29, 1.82) is 0 Å². The van der Waals surface area contributed by atoms with Crippen molar-refractivity contribution in [2.75, 3.05) is 0 Å². The van der Waals surface area contributed by atoms with E-state index in [-0.39, 0.29) is 18.2 Å². The van der Waals surface area contributed by atoms with E-state index in [9.17, 15) is 9.18 Å². The summed E-state index contributed by atoms with van der Waals surface area (Å²) in [4.78, 5) is 13.8. The minimum atomic E-state index is -0.924. The summed E-state index contributed by atoms with van der Waals surface area (Å²) in [7, 11) is 0. The highest BCUT2D eigenvalue weighted by molar-refractivity contribution is 7.71. The molecule has 0 radical (unpaired) electrons. The molecule has 0 bridgehead atoms. The number of imidazole rings is 1. The lowest BCUT2D eigenvalue weighted by atomic mass is 9.96. The smallest absolute Gasteiger partial charge is 0.309 e. The van der Waals surface area contributed by atoms with Gasteiger partial charge in [0.25, 0.3) is 0 Å². The van der Waals surface area contributed by atoms with E-state index < -0.39 is 5.97 Å². The van der Waals surface area contributed by atoms with E-state index in [2.05, 4.69) is 4.98 Å². The van der Waals surface area contributed by atoms with Crippen LogP contribution < -0.4 is 0 Å². The Hall–Kier alpha value is -1.66. The van der Waals surface area contributed by atoms with Crippen LogP contribution in [0.4, 0.5) is 4.39 Å². The fourth-order valence-corrected chi connectivity index (χ4v) is 3.32. The standard InChI is InChI=1S/C14H12ClFN2O2S/c15-8-1-2-10(16)9(4-8)7-3-12-11(5-13(19)20)17-14(21)18(12)6-7/h1-2,4,7H,3,5-6H2,(H,17,21)(H,19,20)/t7-/m0/s1. The molecule has 1 aromatic heterocycles. The third-order valence-corrected chi connectivity index (χ3v) is 4.30. The van der Waals surface area contributed by atoms with Gasteiger partial charge in [0, 0.05) is 28.9 Å². The monoisotopic (exact) mass is 326 g/mol. The number of aromatic nitrogens is 2. The van der Waals surface area contributed by atoms with Gasteiger partial charge in [-0.1, -0.05) is 11.6 Å². The molecule has 0 saturated heterocycles. The predicted octanol–water partition coefficient (Wildman–Crippen LogP) is 3.31. The lowest BCUT2D eigenvalue weighted by Gasteiger charge is -2.11. The van der Waals surface area contributed by atoms with E-state index >= 15 is 0 Å². The Morgan fingerprint density at radius 2 is 2.33 bits per heavy atom. The Bertz CT molecular complexity index is 784. The largest absolute Gasteiger partial charge is 0.481 e. The molecule has 0 spiro atoms. The maximum absolute atomic E-state index is 14.0. The second-order valence-corrected chi connectivity index (χ2v) is 5.93. The second-order valence-electron chi connectivity index (χ2n) is 5.10. The molecule has 0 aliphatic carbocycles. The molecule has 2 N–H and O–H groups in total. The molecule has 1 aliphatic heterocycles. The molecule has 1 atom stereocenters. The van der Waals surface area contributed by atoms with Gasteiger partial charge in [-0.2, -0.15) is 0 Å². The number of hydrogen-bond acceptors (Lipinski definition) is 2. The number of benzene rings is 1. The molecule has 2 heterocycles. The summed E-state index contributed by atoms with van der Waals surface area (Å²) in [5.41, 5.74) is 1.98. The lowest BCUT2D eigenvalue weighted by Crippen LogP contribution is -2.06. The Morgan fingerprint density at radius 1 is 1.57 bits per heavy atom. The molecule has 3 rings (SSSR count). The van der Waals surface area contributed by atoms with Crippen LogP contribution >= 0.6 is 23.8 Å². The summed E-state index contributed by atoms with van der Waals surface area (Å²) < 4.78 is 16.3. The van der Waals surface area contributed by atoms with Gasteiger partial charge < -0.3 is 14.7 Å². The summed E-state index contributed by atoms with van der Waals surface area (Å²) in [5.74, 6) is -1.31. The summed E-state index contributed by atoms with van der Waals surface area (Å²) >= 11 is 11.1. The average Bonchev–Trinajstić information content (AvgIpc) is 2.95. The molecule has 2 aromatic rings. The van der Waals surface area contributed by atoms with Crippen LogP contribution in [0, 0.1) is 10.6 Å². The topological polar surface area (TPSA) is 58.0 Å². The zero-order valence-corrected chi connectivity index (χ0v) is 12.5. The first-order valence-electron chi connectivity index (χ1n) is 6.43. The molecule has 0 fully saturated rings. The molecule has 0 amide bonds. The van der Waals surface area contributed by atoms with Crippen LogP contribution in [-0.2, 0) is 24.2 Å². The van der Waals surface area contributed by atoms with Gasteiger partial charge in [0.2, 0.25) is 0 Å². The fourth-order valence-electron chi connectivity index (χ4n) is 2.83. The van der Waals surface area contributed by atoms with Crippen molar-refractivity contribution >= 4 is 29.8 Å². The SMILES string of the molecule is O=C(O)Cc1[nH]c(=S)n2c1C[C@H](c1cc(Cl)ccc1F)C2. The van der Waals surface area contributed by atoms with E-state index in [1.165, 1.54) is 12.1 Å². The normalized spacial score (nSPS) is 17.0. The number of nitrogens with one attached hydrogen (secondary N) is 1. The Labute approximate surface area is 130 Å². The van der Waals surface area contributed by atoms with Crippen molar-refractivity contribution in [3.63, 3.8) is 0 Å². The maximum Gasteiger partial charge on any atom is 0.309 e. The zero-order valence-electron chi connectivity index (χ0n) is 10.9. The second kappa shape index (κ2) is 5.27. The number of carbonyl (C=O) groups is 1. The number of fused-ring (bicyclic) bond motifs is 1. The van der Waals surface area contributed by atoms with E-state index in [0.717, 1.165) is 5.69 Å². The number of aromatic amines is 1. The maximum atomic E-state index is 14.0. The Morgan fingerprint density at radius 3 is 3.05 bits per heavy atom. The predicted molar refractivity (Wildman–Crippen MR) is 78.8 cm³/mol. The van der Waals surface area contributed by atoms with Crippen molar-refractivity contribution in [1.82, 2.24) is 9.55 Å². The molecule has 0 saturated carbocycles. The number of nitrogens with zero attached hydrogens (tertiary/aromatic N) is 1. The average molecular weight is 327 g/mol. The third-order valence-electron chi connectivity index (χ3n) is 3.75. The molecular weight excluding hydrogens is 315 g/mol. The van der Waals surface area contributed by atoms with Crippen LogP contribution in [0.5, 0.6) is 0 Å². The number of H-pyrrole nitrogens is 1. The quantitative estimate of drug-likeness (QED) is 0.851. The number of aliphatic carboxylic acids is 1. The van der Waals surface area contributed by atoms with Gasteiger partial charge in [-0.15, -0.1) is 0 Å². The molecule has 21 heavy (non-hydrogen) atoms. The van der Waals surface area contributed by atoms with Crippen LogP contribution in [0.3, 0.4) is 0 Å². The van der Waals surface area contributed by atoms with E-state index in [1.807, 2.05) is 4.57 Å². The molecule has 7 heteroatoms. The molecule has 1 aromatic carbocycles. The highest BCUT2D eigenvalue weighted by Crippen LogP contribution is 2.34. The van der Waals surface area contributed by atoms with Gasteiger partial charge in [0.15, 0.2) is 4.77 Å². The zero-order chi connectivity index (χ0) is 15.1. The highest BCUT2D eigenvalue weighted by Gasteiger charge is 2.29. The minimum absolute atomic E-state index is 0.0810. The fraction of sp³-hybridized carbons (Fsp3) is 0.286. The summed E-state index contributed by atoms with van der Waals surface area (Å²) in [6.45, 7) is 0.529. The van der Waals surface area contributed by atoms with Gasteiger partial charge in [-0.05, 0) is 42.4 Å². The first-order valence-corrected chi connectivity index (χ1v) is 7.21. The molecule has 1 aliphatic rings. The van der Waals surface area contributed by atoms with E-state index in [1.54, 1.807) is 6.07 Å². The number of carboxylic acid groups (broad SMARTS) is 1. The van der Waals surface area contributed by atoms with Crippen molar-refractivity contribution in [3.05, 3.63) is 50.8 Å². The number of hydrogen-bond donors (Lipinski definition) is 2. The molecule has 4 nitrogen and oxygen atoms in total. The molecule has 110 valence electrons. The van der Waals surface area contributed by atoms with Crippen LogP contribution in [0.25, 0.3) is 0 Å². The highest BCUT2D eigenvalue weighted by atomic mass is 35.5. The van der Waals surface area contributed by atoms with Gasteiger partial charge in [-0.3, -0.25) is 4.79 Å². The van der Waals surface area contributed by atoms with Crippen molar-refractivity contribution in [2.24, 2.45) is 0 Å². The van der Waals surface area contributed by atoms with E-state index in [0.29, 0.717) is 34.0 Å². The summed E-state index contributed by atoms with van der Waals surface area (Å²) in [6.07, 6.45) is 0.434. The first kappa shape index (κ1) is 14.3. The molecular formula is C14H12ClFN2O2S. The number of carboxylic acids is 1. The first-order chi connectivity index (χ1) is 9.95. The molecule has 0 unspecified atom stereocenters. The summed E-state index contributed by atoms with van der Waals surface area (Å²) in [5, 5.41) is 9.42. The third kappa shape index (κ3) is 2.61. The van der Waals surface area contributed by atoms with Crippen LogP contribution in [0.1, 0.15) is 22.9 Å². The van der Waals surface area contributed by atoms with Crippen molar-refractivity contribution < 1.29 is 14.3 Å². The Kier molecular flexibility index (Phi) is 3.59. The van der Waals surface area contributed by atoms with Gasteiger partial charge in [0.1, 0.15) is 5.82 Å². The van der Waals surface area contributed by atoms with Gasteiger partial charge in [-0.25, -0.2) is 4.39 Å². The Balaban J connectivity index is 1.96. The van der Waals surface area contributed by atoms with Crippen LogP contribution in [0.2, 0.25) is 5.02 Å². The lowest BCUT2D eigenvalue weighted by molar-refractivity contribution is -0.136. The summed E-state index contributed by atoms with van der Waals surface area (Å²) in [6, 6.07) is 4.49. The number of rotatable bonds is 3. The van der Waals surface area contributed by atoms with Gasteiger partial charge >= 0.3 is 5.97 Å². The van der Waals surface area contributed by atoms with Crippen molar-refractivity contribution in [2.45, 2.75) is 25.3 Å². The van der Waals surface area contributed by atoms with Gasteiger partial charge in [0.05, 0.1) is 6.42 Å². The van der Waals surface area contributed by atoms with Crippen molar-refractivity contribution in [3.8, 4) is 0 Å². The van der Waals surface area contributed by atoms with E-state index in [4.69, 9.17) is 28.9 Å². The minimum Gasteiger partial charge on any atom is -0.481 e. The van der Waals surface area contributed by atoms with Crippen LogP contribution in [0.15, 0.2) is 18.2 Å².